The summed E-state index contributed by atoms with van der Waals surface area (Å²) in [6, 6.07) is 16.8. The number of nitrogens with zero attached hydrogens (tertiary/aromatic N) is 2. The van der Waals surface area contributed by atoms with Crippen LogP contribution in [0.4, 0.5) is 0 Å². The number of aromatic nitrogens is 2. The van der Waals surface area contributed by atoms with Crippen LogP contribution < -0.4 is 5.32 Å². The molecule has 1 unspecified atom stereocenters. The highest BCUT2D eigenvalue weighted by Crippen LogP contribution is 2.38. The lowest BCUT2D eigenvalue weighted by atomic mass is 9.98. The number of aromatic hydroxyl groups is 1. The largest absolute Gasteiger partial charge is 0.507 e. The lowest BCUT2D eigenvalue weighted by Crippen LogP contribution is -2.49. The number of fused-ring (bicyclic) bond motifs is 1. The lowest BCUT2D eigenvalue weighted by Gasteiger charge is -2.23. The van der Waals surface area contributed by atoms with Crippen molar-refractivity contribution in [3.8, 4) is 28.1 Å². The van der Waals surface area contributed by atoms with Gasteiger partial charge in [0.15, 0.2) is 0 Å². The molecule has 1 aliphatic carbocycles. The Morgan fingerprint density at radius 2 is 1.92 bits per heavy atom. The number of esters is 1. The highest BCUT2D eigenvalue weighted by molar-refractivity contribution is 5.89. The number of amides is 1. The van der Waals surface area contributed by atoms with Gasteiger partial charge in [-0.1, -0.05) is 36.4 Å². The first-order valence-corrected chi connectivity index (χ1v) is 12.3. The second-order valence-corrected chi connectivity index (χ2v) is 9.54. The van der Waals surface area contributed by atoms with Gasteiger partial charge in [-0.05, 0) is 49.2 Å². The van der Waals surface area contributed by atoms with Gasteiger partial charge in [-0.25, -0.2) is 4.79 Å². The summed E-state index contributed by atoms with van der Waals surface area (Å²) in [4.78, 5) is 34.4. The Morgan fingerprint density at radius 1 is 1.16 bits per heavy atom. The van der Waals surface area contributed by atoms with E-state index in [0.717, 1.165) is 40.6 Å². The monoisotopic (exact) mass is 498 g/mol. The quantitative estimate of drug-likeness (QED) is 0.302. The Kier molecular flexibility index (Phi) is 6.92. The van der Waals surface area contributed by atoms with Gasteiger partial charge in [0.05, 0.1) is 30.9 Å². The van der Waals surface area contributed by atoms with Crippen molar-refractivity contribution in [3.63, 3.8) is 0 Å². The predicted octanol–water partition coefficient (Wildman–Crippen LogP) is 3.90. The first-order chi connectivity index (χ1) is 17.9. The van der Waals surface area contributed by atoms with Gasteiger partial charge < -0.3 is 25.0 Å². The molecule has 0 radical (unpaired) electrons. The Labute approximate surface area is 215 Å². The average molecular weight is 499 g/mol. The van der Waals surface area contributed by atoms with E-state index >= 15 is 0 Å². The van der Waals surface area contributed by atoms with Crippen LogP contribution in [0, 0.1) is 0 Å². The van der Waals surface area contributed by atoms with Gasteiger partial charge in [0.25, 0.3) is 0 Å². The van der Waals surface area contributed by atoms with E-state index in [-0.39, 0.29) is 18.1 Å². The summed E-state index contributed by atoms with van der Waals surface area (Å²) in [5.74, 6) is -0.517. The summed E-state index contributed by atoms with van der Waals surface area (Å²) in [7, 11) is 3.29. The molecule has 1 aliphatic rings. The maximum atomic E-state index is 12.7. The van der Waals surface area contributed by atoms with Crippen molar-refractivity contribution in [2.45, 2.75) is 31.3 Å². The maximum Gasteiger partial charge on any atom is 0.329 e. The molecule has 1 atom stereocenters. The molecular formula is C29H30N4O4. The third-order valence-electron chi connectivity index (χ3n) is 6.84. The van der Waals surface area contributed by atoms with Gasteiger partial charge in [-0.3, -0.25) is 9.78 Å². The van der Waals surface area contributed by atoms with E-state index in [2.05, 4.69) is 20.2 Å². The van der Waals surface area contributed by atoms with E-state index in [4.69, 9.17) is 4.74 Å². The number of hydrogen-bond donors (Lipinski definition) is 3. The van der Waals surface area contributed by atoms with Crippen molar-refractivity contribution in [1.82, 2.24) is 20.2 Å². The van der Waals surface area contributed by atoms with Crippen LogP contribution in [0.3, 0.4) is 0 Å². The number of nitrogens with one attached hydrogen (secondary N) is 2. The van der Waals surface area contributed by atoms with Crippen molar-refractivity contribution >= 4 is 22.8 Å². The number of methoxy groups -OCH3 is 1. The molecule has 37 heavy (non-hydrogen) atoms. The van der Waals surface area contributed by atoms with E-state index in [0.29, 0.717) is 23.7 Å². The SMILES string of the molecule is COC(=O)C(CN(C)C1CC1)NC(=O)Cc1ccc(-c2cccc(-c3cc4ccncc4[nH]3)c2O)cc1. The molecule has 8 heteroatoms. The van der Waals surface area contributed by atoms with E-state index in [1.807, 2.05) is 61.6 Å². The summed E-state index contributed by atoms with van der Waals surface area (Å²) in [5, 5.41) is 14.9. The van der Waals surface area contributed by atoms with Crippen LogP contribution in [-0.4, -0.2) is 64.6 Å². The highest BCUT2D eigenvalue weighted by Gasteiger charge is 2.31. The number of pyridine rings is 1. The van der Waals surface area contributed by atoms with Crippen LogP contribution in [-0.2, 0) is 20.7 Å². The number of H-pyrrole nitrogens is 1. The first-order valence-electron chi connectivity index (χ1n) is 12.3. The van der Waals surface area contributed by atoms with Gasteiger partial charge >= 0.3 is 5.97 Å². The second kappa shape index (κ2) is 10.4. The molecule has 0 bridgehead atoms. The molecule has 190 valence electrons. The molecule has 1 amide bonds. The van der Waals surface area contributed by atoms with Crippen LogP contribution in [0.25, 0.3) is 33.3 Å². The second-order valence-electron chi connectivity index (χ2n) is 9.54. The Bertz CT molecular complexity index is 1390. The number of carbonyl (C=O) groups excluding carboxylic acids is 2. The number of phenolic OH excluding ortho intramolecular Hbond substituents is 1. The van der Waals surface area contributed by atoms with Gasteiger partial charge in [0.1, 0.15) is 11.8 Å². The fourth-order valence-corrected chi connectivity index (χ4v) is 4.62. The summed E-state index contributed by atoms with van der Waals surface area (Å²) < 4.78 is 4.89. The standard InChI is InChI=1S/C29H30N4O4/c1-33(21-10-11-21)17-26(29(36)37-2)32-27(34)14-18-6-8-19(9-7-18)22-4-3-5-23(28(22)35)24-15-20-12-13-30-16-25(20)31-24/h3-9,12-13,15-16,21,26,31,35H,10-11,14,17H2,1-2H3,(H,32,34). The number of para-hydroxylation sites is 1. The number of hydrogen-bond acceptors (Lipinski definition) is 6. The zero-order chi connectivity index (χ0) is 25.9. The molecule has 2 aromatic carbocycles. The number of benzene rings is 2. The maximum absolute atomic E-state index is 12.7. The molecular weight excluding hydrogens is 468 g/mol. The topological polar surface area (TPSA) is 108 Å². The van der Waals surface area contributed by atoms with Crippen molar-refractivity contribution in [2.24, 2.45) is 0 Å². The van der Waals surface area contributed by atoms with Crippen LogP contribution in [0.5, 0.6) is 5.75 Å². The molecule has 4 aromatic rings. The van der Waals surface area contributed by atoms with Crippen LogP contribution in [0.2, 0.25) is 0 Å². The minimum absolute atomic E-state index is 0.135. The molecule has 8 nitrogen and oxygen atoms in total. The molecule has 2 aromatic heterocycles. The number of carbonyl (C=O) groups is 2. The van der Waals surface area contributed by atoms with Crippen LogP contribution >= 0.6 is 0 Å². The van der Waals surface area contributed by atoms with Crippen molar-refractivity contribution in [1.29, 1.82) is 0 Å². The number of aromatic amines is 1. The Morgan fingerprint density at radius 3 is 2.62 bits per heavy atom. The summed E-state index contributed by atoms with van der Waals surface area (Å²) >= 11 is 0. The molecule has 2 heterocycles. The molecule has 3 N–H and O–H groups in total. The smallest absolute Gasteiger partial charge is 0.329 e. The average Bonchev–Trinajstić information content (AvgIpc) is 3.67. The van der Waals surface area contributed by atoms with E-state index in [1.165, 1.54) is 7.11 Å². The predicted molar refractivity (Wildman–Crippen MR) is 142 cm³/mol. The van der Waals surface area contributed by atoms with Crippen LogP contribution in [0.1, 0.15) is 18.4 Å². The summed E-state index contributed by atoms with van der Waals surface area (Å²) in [5.41, 5.74) is 4.74. The number of likely N-dealkylation sites (N-methyl/N-ethyl adjacent to an activating group) is 1. The van der Waals surface area contributed by atoms with Gasteiger partial charge in [-0.15, -0.1) is 0 Å². The molecule has 1 fully saturated rings. The third-order valence-corrected chi connectivity index (χ3v) is 6.84. The molecule has 1 saturated carbocycles. The molecule has 0 spiro atoms. The summed E-state index contributed by atoms with van der Waals surface area (Å²) in [6.07, 6.45) is 5.86. The number of rotatable bonds is 9. The van der Waals surface area contributed by atoms with E-state index in [9.17, 15) is 14.7 Å². The van der Waals surface area contributed by atoms with Gasteiger partial charge in [-0.2, -0.15) is 0 Å². The Hall–Kier alpha value is -4.17. The fourth-order valence-electron chi connectivity index (χ4n) is 4.62. The number of ether oxygens (including phenoxy) is 1. The Balaban J connectivity index is 1.28. The first kappa shape index (κ1) is 24.5. The lowest BCUT2D eigenvalue weighted by molar-refractivity contribution is -0.145. The minimum atomic E-state index is -0.706. The molecule has 0 aliphatic heterocycles. The minimum Gasteiger partial charge on any atom is -0.507 e. The molecule has 0 saturated heterocycles. The van der Waals surface area contributed by atoms with Crippen molar-refractivity contribution in [2.75, 3.05) is 20.7 Å². The molecule has 5 rings (SSSR count). The number of phenols is 1. The van der Waals surface area contributed by atoms with Gasteiger partial charge in [0.2, 0.25) is 5.91 Å². The zero-order valence-electron chi connectivity index (χ0n) is 20.9. The van der Waals surface area contributed by atoms with Crippen molar-refractivity contribution in [3.05, 3.63) is 72.6 Å². The highest BCUT2D eigenvalue weighted by atomic mass is 16.5. The van der Waals surface area contributed by atoms with E-state index in [1.54, 1.807) is 12.4 Å². The summed E-state index contributed by atoms with van der Waals surface area (Å²) in [6.45, 7) is 0.421. The van der Waals surface area contributed by atoms with E-state index < -0.39 is 12.0 Å². The third kappa shape index (κ3) is 5.49. The van der Waals surface area contributed by atoms with Gasteiger partial charge in [0, 0.05) is 35.3 Å². The van der Waals surface area contributed by atoms with Crippen LogP contribution in [0.15, 0.2) is 67.0 Å². The van der Waals surface area contributed by atoms with Crippen molar-refractivity contribution < 1.29 is 19.4 Å². The fraction of sp³-hybridized carbons (Fsp3) is 0.276. The normalized spacial score (nSPS) is 14.0. The zero-order valence-corrected chi connectivity index (χ0v) is 20.9.